The molecule has 2 aliphatic rings. The Bertz CT molecular complexity index is 181. The van der Waals surface area contributed by atoms with Crippen LogP contribution >= 0.6 is 11.8 Å². The van der Waals surface area contributed by atoms with Gasteiger partial charge >= 0.3 is 0 Å². The molecule has 0 aliphatic carbocycles. The SMILES string of the molecule is O=C(C1CCSC1)C1CCCCO1. The molecule has 2 aliphatic heterocycles. The molecule has 0 saturated carbocycles. The van der Waals surface area contributed by atoms with Crippen molar-refractivity contribution in [2.24, 2.45) is 5.92 Å². The van der Waals surface area contributed by atoms with Gasteiger partial charge in [0.2, 0.25) is 0 Å². The quantitative estimate of drug-likeness (QED) is 0.681. The zero-order valence-electron chi connectivity index (χ0n) is 7.83. The van der Waals surface area contributed by atoms with E-state index in [1.807, 2.05) is 11.8 Å². The van der Waals surface area contributed by atoms with Gasteiger partial charge in [-0.1, -0.05) is 0 Å². The van der Waals surface area contributed by atoms with Gasteiger partial charge in [-0.15, -0.1) is 0 Å². The Morgan fingerprint density at radius 2 is 2.23 bits per heavy atom. The lowest BCUT2D eigenvalue weighted by Gasteiger charge is -2.23. The van der Waals surface area contributed by atoms with E-state index in [1.54, 1.807) is 0 Å². The van der Waals surface area contributed by atoms with Crippen molar-refractivity contribution in [1.82, 2.24) is 0 Å². The molecule has 2 unspecified atom stereocenters. The Morgan fingerprint density at radius 1 is 1.31 bits per heavy atom. The summed E-state index contributed by atoms with van der Waals surface area (Å²) in [4.78, 5) is 11.9. The zero-order valence-corrected chi connectivity index (χ0v) is 8.65. The second kappa shape index (κ2) is 4.47. The summed E-state index contributed by atoms with van der Waals surface area (Å²) in [7, 11) is 0. The standard InChI is InChI=1S/C10H16O2S/c11-10(8-4-6-13-7-8)9-3-1-2-5-12-9/h8-9H,1-7H2. The van der Waals surface area contributed by atoms with Crippen LogP contribution in [-0.2, 0) is 9.53 Å². The van der Waals surface area contributed by atoms with E-state index in [0.29, 0.717) is 11.7 Å². The second-order valence-electron chi connectivity index (χ2n) is 3.82. The van der Waals surface area contributed by atoms with Gasteiger partial charge in [-0.05, 0) is 31.4 Å². The van der Waals surface area contributed by atoms with Crippen molar-refractivity contribution in [2.45, 2.75) is 31.8 Å². The second-order valence-corrected chi connectivity index (χ2v) is 4.97. The molecule has 2 saturated heterocycles. The molecule has 2 atom stereocenters. The number of carbonyl (C=O) groups excluding carboxylic acids is 1. The van der Waals surface area contributed by atoms with Gasteiger partial charge < -0.3 is 4.74 Å². The Morgan fingerprint density at radius 3 is 2.85 bits per heavy atom. The topological polar surface area (TPSA) is 26.3 Å². The van der Waals surface area contributed by atoms with Crippen molar-refractivity contribution >= 4 is 17.5 Å². The van der Waals surface area contributed by atoms with E-state index >= 15 is 0 Å². The molecule has 74 valence electrons. The fourth-order valence-electron chi connectivity index (χ4n) is 1.99. The minimum atomic E-state index is -0.0579. The molecule has 0 spiro atoms. The lowest BCUT2D eigenvalue weighted by atomic mass is 9.95. The molecule has 0 amide bonds. The molecule has 2 rings (SSSR count). The zero-order chi connectivity index (χ0) is 9.10. The van der Waals surface area contributed by atoms with Crippen LogP contribution in [0.3, 0.4) is 0 Å². The number of carbonyl (C=O) groups is 1. The first kappa shape index (κ1) is 9.53. The van der Waals surface area contributed by atoms with Gasteiger partial charge in [-0.3, -0.25) is 4.79 Å². The van der Waals surface area contributed by atoms with Crippen LogP contribution in [0, 0.1) is 5.92 Å². The number of ether oxygens (including phenoxy) is 1. The molecule has 2 nitrogen and oxygen atoms in total. The Hall–Kier alpha value is -0.0200. The average Bonchev–Trinajstić information content (AvgIpc) is 2.71. The Labute approximate surface area is 83.4 Å². The number of ketones is 1. The summed E-state index contributed by atoms with van der Waals surface area (Å²) in [5, 5.41) is 0. The van der Waals surface area contributed by atoms with Crippen LogP contribution in [0.4, 0.5) is 0 Å². The third-order valence-electron chi connectivity index (χ3n) is 2.83. The van der Waals surface area contributed by atoms with Crippen LogP contribution in [-0.4, -0.2) is 30.0 Å². The maximum absolute atomic E-state index is 11.9. The van der Waals surface area contributed by atoms with Gasteiger partial charge in [0.15, 0.2) is 5.78 Å². The van der Waals surface area contributed by atoms with Crippen LogP contribution < -0.4 is 0 Å². The van der Waals surface area contributed by atoms with Gasteiger partial charge in [0.05, 0.1) is 0 Å². The fourth-order valence-corrected chi connectivity index (χ4v) is 3.22. The van der Waals surface area contributed by atoms with E-state index in [-0.39, 0.29) is 6.10 Å². The van der Waals surface area contributed by atoms with Gasteiger partial charge in [0, 0.05) is 18.3 Å². The van der Waals surface area contributed by atoms with Crippen LogP contribution in [0.25, 0.3) is 0 Å². The van der Waals surface area contributed by atoms with Crippen LogP contribution in [0.2, 0.25) is 0 Å². The lowest BCUT2D eigenvalue weighted by molar-refractivity contribution is -0.136. The number of thioether (sulfide) groups is 1. The summed E-state index contributed by atoms with van der Waals surface area (Å²) < 4.78 is 5.49. The summed E-state index contributed by atoms with van der Waals surface area (Å²) in [5.41, 5.74) is 0. The predicted octanol–water partition coefficient (Wildman–Crippen LogP) is 1.88. The average molecular weight is 200 g/mol. The molecule has 2 fully saturated rings. The third kappa shape index (κ3) is 2.26. The van der Waals surface area contributed by atoms with Crippen molar-refractivity contribution in [3.05, 3.63) is 0 Å². The maximum atomic E-state index is 11.9. The van der Waals surface area contributed by atoms with Gasteiger partial charge in [-0.2, -0.15) is 11.8 Å². The first-order valence-electron chi connectivity index (χ1n) is 5.11. The molecular formula is C10H16O2S. The van der Waals surface area contributed by atoms with Crippen molar-refractivity contribution in [1.29, 1.82) is 0 Å². The molecule has 13 heavy (non-hydrogen) atoms. The summed E-state index contributed by atoms with van der Waals surface area (Å²) in [6, 6.07) is 0. The van der Waals surface area contributed by atoms with Crippen LogP contribution in [0.5, 0.6) is 0 Å². The summed E-state index contributed by atoms with van der Waals surface area (Å²) in [6.45, 7) is 0.788. The number of hydrogen-bond acceptors (Lipinski definition) is 3. The lowest BCUT2D eigenvalue weighted by Crippen LogP contribution is -2.33. The molecular weight excluding hydrogens is 184 g/mol. The van der Waals surface area contributed by atoms with Crippen molar-refractivity contribution in [3.63, 3.8) is 0 Å². The maximum Gasteiger partial charge on any atom is 0.165 e. The highest BCUT2D eigenvalue weighted by Crippen LogP contribution is 2.27. The van der Waals surface area contributed by atoms with E-state index in [2.05, 4.69) is 0 Å². The number of hydrogen-bond donors (Lipinski definition) is 0. The number of Topliss-reactive ketones (excluding diaryl/α,β-unsaturated/α-hetero) is 1. The van der Waals surface area contributed by atoms with E-state index < -0.39 is 0 Å². The third-order valence-corrected chi connectivity index (χ3v) is 3.99. The molecule has 0 bridgehead atoms. The van der Waals surface area contributed by atoms with Crippen LogP contribution in [0.1, 0.15) is 25.7 Å². The minimum Gasteiger partial charge on any atom is -0.370 e. The largest absolute Gasteiger partial charge is 0.370 e. The molecule has 0 aromatic rings. The van der Waals surface area contributed by atoms with Crippen LogP contribution in [0.15, 0.2) is 0 Å². The first-order chi connectivity index (χ1) is 6.38. The summed E-state index contributed by atoms with van der Waals surface area (Å²) in [6.07, 6.45) is 4.26. The highest BCUT2D eigenvalue weighted by Gasteiger charge is 2.30. The monoisotopic (exact) mass is 200 g/mol. The Kier molecular flexibility index (Phi) is 3.28. The minimum absolute atomic E-state index is 0.0579. The summed E-state index contributed by atoms with van der Waals surface area (Å²) >= 11 is 1.90. The molecule has 0 aromatic carbocycles. The Balaban J connectivity index is 1.87. The molecule has 0 radical (unpaired) electrons. The molecule has 2 heterocycles. The van der Waals surface area contributed by atoms with Crippen molar-refractivity contribution in [2.75, 3.05) is 18.1 Å². The van der Waals surface area contributed by atoms with Gasteiger partial charge in [-0.25, -0.2) is 0 Å². The van der Waals surface area contributed by atoms with E-state index in [1.165, 1.54) is 0 Å². The molecule has 0 N–H and O–H groups in total. The molecule has 3 heteroatoms. The summed E-state index contributed by atoms with van der Waals surface area (Å²) in [5.74, 6) is 2.86. The van der Waals surface area contributed by atoms with Crippen molar-refractivity contribution in [3.8, 4) is 0 Å². The molecule has 0 aromatic heterocycles. The van der Waals surface area contributed by atoms with Crippen molar-refractivity contribution < 1.29 is 9.53 Å². The van der Waals surface area contributed by atoms with E-state index in [0.717, 1.165) is 43.8 Å². The highest BCUT2D eigenvalue weighted by molar-refractivity contribution is 7.99. The first-order valence-corrected chi connectivity index (χ1v) is 6.26. The van der Waals surface area contributed by atoms with E-state index in [4.69, 9.17) is 4.74 Å². The predicted molar refractivity (Wildman–Crippen MR) is 54.0 cm³/mol. The number of rotatable bonds is 2. The van der Waals surface area contributed by atoms with Gasteiger partial charge in [0.25, 0.3) is 0 Å². The fraction of sp³-hybridized carbons (Fsp3) is 0.900. The highest BCUT2D eigenvalue weighted by atomic mass is 32.2. The normalized spacial score (nSPS) is 34.8. The van der Waals surface area contributed by atoms with Gasteiger partial charge in [0.1, 0.15) is 6.10 Å². The van der Waals surface area contributed by atoms with E-state index in [9.17, 15) is 4.79 Å². The smallest absolute Gasteiger partial charge is 0.165 e.